The number of carbonyl (C=O) groups excluding carboxylic acids is 1. The number of pyridine rings is 1. The lowest BCUT2D eigenvalue weighted by atomic mass is 10.2. The maximum Gasteiger partial charge on any atom is 0.288 e. The lowest BCUT2D eigenvalue weighted by Crippen LogP contribution is -2.35. The van der Waals surface area contributed by atoms with Crippen LogP contribution in [0.3, 0.4) is 0 Å². The predicted molar refractivity (Wildman–Crippen MR) is 85.0 cm³/mol. The SMILES string of the molecule is CCNc1ncc([N+](=O)[O-])cc1C(=O)NC(C)CSCC. The maximum atomic E-state index is 12.3. The number of hydrogen-bond acceptors (Lipinski definition) is 6. The summed E-state index contributed by atoms with van der Waals surface area (Å²) in [6.07, 6.45) is 1.14. The van der Waals surface area contributed by atoms with Gasteiger partial charge >= 0.3 is 0 Å². The first-order chi connectivity index (χ1) is 9.99. The topological polar surface area (TPSA) is 97.2 Å². The second kappa shape index (κ2) is 8.46. The van der Waals surface area contributed by atoms with Crippen LogP contribution in [0.4, 0.5) is 11.5 Å². The summed E-state index contributed by atoms with van der Waals surface area (Å²) in [5.41, 5.74) is -0.00297. The van der Waals surface area contributed by atoms with Crippen LogP contribution >= 0.6 is 11.8 Å². The van der Waals surface area contributed by atoms with E-state index in [9.17, 15) is 14.9 Å². The van der Waals surface area contributed by atoms with Crippen LogP contribution in [0.25, 0.3) is 0 Å². The second-order valence-electron chi connectivity index (χ2n) is 4.41. The number of carbonyl (C=O) groups is 1. The molecule has 0 aliphatic heterocycles. The van der Waals surface area contributed by atoms with E-state index in [0.717, 1.165) is 17.7 Å². The molecule has 116 valence electrons. The molecule has 0 spiro atoms. The number of nitro groups is 1. The molecule has 1 atom stereocenters. The number of hydrogen-bond donors (Lipinski definition) is 2. The van der Waals surface area contributed by atoms with Crippen LogP contribution in [0.15, 0.2) is 12.3 Å². The van der Waals surface area contributed by atoms with Gasteiger partial charge in [-0.15, -0.1) is 0 Å². The van der Waals surface area contributed by atoms with Crippen LogP contribution in [0.5, 0.6) is 0 Å². The zero-order valence-corrected chi connectivity index (χ0v) is 13.2. The molecule has 7 nitrogen and oxygen atoms in total. The highest BCUT2D eigenvalue weighted by molar-refractivity contribution is 7.99. The number of rotatable bonds is 8. The maximum absolute atomic E-state index is 12.3. The van der Waals surface area contributed by atoms with Gasteiger partial charge in [-0.3, -0.25) is 14.9 Å². The number of aromatic nitrogens is 1. The molecule has 0 saturated carbocycles. The lowest BCUT2D eigenvalue weighted by Gasteiger charge is -2.15. The van der Waals surface area contributed by atoms with Crippen molar-refractivity contribution in [3.8, 4) is 0 Å². The highest BCUT2D eigenvalue weighted by atomic mass is 32.2. The van der Waals surface area contributed by atoms with E-state index >= 15 is 0 Å². The van der Waals surface area contributed by atoms with E-state index in [1.54, 1.807) is 11.8 Å². The zero-order chi connectivity index (χ0) is 15.8. The fraction of sp³-hybridized carbons (Fsp3) is 0.538. The fourth-order valence-electron chi connectivity index (χ4n) is 1.67. The summed E-state index contributed by atoms with van der Waals surface area (Å²) in [7, 11) is 0. The third kappa shape index (κ3) is 5.22. The van der Waals surface area contributed by atoms with Crippen molar-refractivity contribution in [1.29, 1.82) is 0 Å². The van der Waals surface area contributed by atoms with Crippen molar-refractivity contribution in [2.24, 2.45) is 0 Å². The molecule has 0 aliphatic carbocycles. The summed E-state index contributed by atoms with van der Waals surface area (Å²) in [5.74, 6) is 1.77. The van der Waals surface area contributed by atoms with Crippen LogP contribution < -0.4 is 10.6 Å². The van der Waals surface area contributed by atoms with Gasteiger partial charge in [0.2, 0.25) is 0 Å². The summed E-state index contributed by atoms with van der Waals surface area (Å²) in [6, 6.07) is 1.23. The molecule has 0 aliphatic rings. The Kier molecular flexibility index (Phi) is 6.93. The number of nitrogens with zero attached hydrogens (tertiary/aromatic N) is 2. The standard InChI is InChI=1S/C13H20N4O3S/c1-4-14-12-11(6-10(7-15-12)17(19)20)13(18)16-9(3)8-21-5-2/h6-7,9H,4-5,8H2,1-3H3,(H,14,15)(H,16,18). The van der Waals surface area contributed by atoms with Crippen molar-refractivity contribution in [2.75, 3.05) is 23.4 Å². The van der Waals surface area contributed by atoms with Crippen LogP contribution in [0.1, 0.15) is 31.1 Å². The van der Waals surface area contributed by atoms with E-state index in [-0.39, 0.29) is 23.2 Å². The monoisotopic (exact) mass is 312 g/mol. The van der Waals surface area contributed by atoms with Crippen molar-refractivity contribution in [3.05, 3.63) is 27.9 Å². The summed E-state index contributed by atoms with van der Waals surface area (Å²) in [5, 5.41) is 16.6. The number of thioether (sulfide) groups is 1. The minimum absolute atomic E-state index is 0.0174. The highest BCUT2D eigenvalue weighted by Gasteiger charge is 2.19. The summed E-state index contributed by atoms with van der Waals surface area (Å²) in [6.45, 7) is 6.39. The van der Waals surface area contributed by atoms with Gasteiger partial charge in [-0.2, -0.15) is 11.8 Å². The van der Waals surface area contributed by atoms with Gasteiger partial charge in [0.15, 0.2) is 0 Å². The molecule has 1 amide bonds. The van der Waals surface area contributed by atoms with Gasteiger partial charge in [-0.25, -0.2) is 4.98 Å². The number of nitrogens with one attached hydrogen (secondary N) is 2. The van der Waals surface area contributed by atoms with E-state index in [0.29, 0.717) is 12.4 Å². The van der Waals surface area contributed by atoms with Crippen molar-refractivity contribution in [1.82, 2.24) is 10.3 Å². The Hall–Kier alpha value is -1.83. The average Bonchev–Trinajstić information content (AvgIpc) is 2.45. The van der Waals surface area contributed by atoms with Crippen molar-refractivity contribution in [2.45, 2.75) is 26.8 Å². The first-order valence-electron chi connectivity index (χ1n) is 6.76. The van der Waals surface area contributed by atoms with E-state index in [2.05, 4.69) is 15.6 Å². The average molecular weight is 312 g/mol. The quantitative estimate of drug-likeness (QED) is 0.564. The molecule has 1 unspecified atom stereocenters. The van der Waals surface area contributed by atoms with Gasteiger partial charge in [0.1, 0.15) is 12.0 Å². The molecule has 0 saturated heterocycles. The molecule has 1 rings (SSSR count). The molecule has 1 aromatic rings. The van der Waals surface area contributed by atoms with E-state index in [1.807, 2.05) is 20.8 Å². The van der Waals surface area contributed by atoms with Crippen LogP contribution in [0.2, 0.25) is 0 Å². The Labute approximate surface area is 128 Å². The molecule has 1 heterocycles. The normalized spacial score (nSPS) is 11.8. The van der Waals surface area contributed by atoms with Crippen LogP contribution in [0, 0.1) is 10.1 Å². The zero-order valence-electron chi connectivity index (χ0n) is 12.4. The fourth-order valence-corrected chi connectivity index (χ4v) is 2.35. The molecule has 1 aromatic heterocycles. The third-order valence-electron chi connectivity index (χ3n) is 2.62. The molecule has 2 N–H and O–H groups in total. The van der Waals surface area contributed by atoms with Crippen LogP contribution in [-0.4, -0.2) is 39.9 Å². The van der Waals surface area contributed by atoms with Gasteiger partial charge in [-0.1, -0.05) is 6.92 Å². The van der Waals surface area contributed by atoms with Crippen molar-refractivity contribution < 1.29 is 9.72 Å². The van der Waals surface area contributed by atoms with E-state index < -0.39 is 4.92 Å². The van der Waals surface area contributed by atoms with Gasteiger partial charge < -0.3 is 10.6 Å². The lowest BCUT2D eigenvalue weighted by molar-refractivity contribution is -0.385. The molecular weight excluding hydrogens is 292 g/mol. The Bertz CT molecular complexity index is 510. The minimum atomic E-state index is -0.560. The highest BCUT2D eigenvalue weighted by Crippen LogP contribution is 2.19. The van der Waals surface area contributed by atoms with Crippen molar-refractivity contribution in [3.63, 3.8) is 0 Å². The molecule has 0 bridgehead atoms. The van der Waals surface area contributed by atoms with E-state index in [4.69, 9.17) is 0 Å². The molecule has 0 aromatic carbocycles. The second-order valence-corrected chi connectivity index (χ2v) is 5.73. The predicted octanol–water partition coefficient (Wildman–Crippen LogP) is 2.29. The first-order valence-corrected chi connectivity index (χ1v) is 7.91. The smallest absolute Gasteiger partial charge is 0.288 e. The molecule has 21 heavy (non-hydrogen) atoms. The van der Waals surface area contributed by atoms with Crippen LogP contribution in [-0.2, 0) is 0 Å². The van der Waals surface area contributed by atoms with Gasteiger partial charge in [0.25, 0.3) is 11.6 Å². The summed E-state index contributed by atoms with van der Waals surface area (Å²) >= 11 is 1.72. The van der Waals surface area contributed by atoms with Crippen molar-refractivity contribution >= 4 is 29.2 Å². The molecular formula is C13H20N4O3S. The van der Waals surface area contributed by atoms with Gasteiger partial charge in [0, 0.05) is 24.4 Å². The van der Waals surface area contributed by atoms with Gasteiger partial charge in [0.05, 0.1) is 10.5 Å². The first kappa shape index (κ1) is 17.2. The Morgan fingerprint density at radius 1 is 1.52 bits per heavy atom. The number of anilines is 1. The molecule has 8 heteroatoms. The third-order valence-corrected chi connectivity index (χ3v) is 3.77. The summed E-state index contributed by atoms with van der Waals surface area (Å²) < 4.78 is 0. The Balaban J connectivity index is 2.93. The largest absolute Gasteiger partial charge is 0.370 e. The Morgan fingerprint density at radius 2 is 2.24 bits per heavy atom. The Morgan fingerprint density at radius 3 is 2.81 bits per heavy atom. The minimum Gasteiger partial charge on any atom is -0.370 e. The number of amides is 1. The molecule has 0 fully saturated rings. The van der Waals surface area contributed by atoms with Gasteiger partial charge in [-0.05, 0) is 19.6 Å². The van der Waals surface area contributed by atoms with E-state index in [1.165, 1.54) is 6.07 Å². The molecule has 0 radical (unpaired) electrons. The summed E-state index contributed by atoms with van der Waals surface area (Å²) in [4.78, 5) is 26.5.